The second-order valence-corrected chi connectivity index (χ2v) is 5.34. The largest absolute Gasteiger partial charge is 0.476 e. The normalized spacial score (nSPS) is 11.3. The summed E-state index contributed by atoms with van der Waals surface area (Å²) in [6, 6.07) is 2.45. The highest BCUT2D eigenvalue weighted by atomic mass is 35.5. The maximum Gasteiger partial charge on any atom is 0.416 e. The van der Waals surface area contributed by atoms with Gasteiger partial charge < -0.3 is 10.8 Å². The number of hydrogen-bond acceptors (Lipinski definition) is 5. The van der Waals surface area contributed by atoms with E-state index in [0.717, 1.165) is 16.8 Å². The first-order valence-electron chi connectivity index (χ1n) is 5.71. The Balaban J connectivity index is 2.62. The molecule has 0 atom stereocenters. The predicted molar refractivity (Wildman–Crippen MR) is 76.4 cm³/mol. The lowest BCUT2D eigenvalue weighted by Gasteiger charge is -2.10. The SMILES string of the molecule is N#CSc1c(C(=O)O)nn(-c2ccc(C(F)(F)F)cc2Cl)c1N. The van der Waals surface area contributed by atoms with Crippen LogP contribution in [0.25, 0.3) is 5.69 Å². The van der Waals surface area contributed by atoms with E-state index in [9.17, 15) is 18.0 Å². The molecule has 0 saturated carbocycles. The molecule has 2 rings (SSSR count). The van der Waals surface area contributed by atoms with Crippen LogP contribution in [-0.2, 0) is 6.18 Å². The Morgan fingerprint density at radius 2 is 2.13 bits per heavy atom. The fourth-order valence-electron chi connectivity index (χ4n) is 1.74. The maximum atomic E-state index is 12.6. The molecule has 0 spiro atoms. The van der Waals surface area contributed by atoms with Crippen LogP contribution < -0.4 is 5.73 Å². The van der Waals surface area contributed by atoms with Crippen molar-refractivity contribution in [3.63, 3.8) is 0 Å². The van der Waals surface area contributed by atoms with E-state index in [-0.39, 0.29) is 21.4 Å². The van der Waals surface area contributed by atoms with Gasteiger partial charge in [-0.1, -0.05) is 11.6 Å². The number of thioether (sulfide) groups is 1. The Bertz CT molecular complexity index is 829. The van der Waals surface area contributed by atoms with Crippen LogP contribution in [0, 0.1) is 10.7 Å². The maximum absolute atomic E-state index is 12.6. The van der Waals surface area contributed by atoms with E-state index in [2.05, 4.69) is 5.10 Å². The zero-order valence-corrected chi connectivity index (χ0v) is 12.5. The third-order valence-electron chi connectivity index (χ3n) is 2.73. The second-order valence-electron chi connectivity index (χ2n) is 4.14. The lowest BCUT2D eigenvalue weighted by Crippen LogP contribution is -2.08. The number of aromatic nitrogens is 2. The minimum absolute atomic E-state index is 0.0375. The molecule has 0 radical (unpaired) electrons. The van der Waals surface area contributed by atoms with E-state index in [1.54, 1.807) is 5.40 Å². The Kier molecular flexibility index (Phi) is 4.44. The molecule has 0 aliphatic carbocycles. The molecule has 2 aromatic rings. The summed E-state index contributed by atoms with van der Waals surface area (Å²) < 4.78 is 38.8. The van der Waals surface area contributed by atoms with Crippen molar-refractivity contribution in [3.05, 3.63) is 34.5 Å². The molecule has 11 heteroatoms. The molecule has 0 aliphatic heterocycles. The van der Waals surface area contributed by atoms with Crippen LogP contribution in [0.15, 0.2) is 23.1 Å². The highest BCUT2D eigenvalue weighted by Gasteiger charge is 2.31. The number of hydrogen-bond donors (Lipinski definition) is 2. The van der Waals surface area contributed by atoms with Crippen LogP contribution in [-0.4, -0.2) is 20.9 Å². The molecule has 120 valence electrons. The van der Waals surface area contributed by atoms with Crippen molar-refractivity contribution >= 4 is 35.1 Å². The first kappa shape index (κ1) is 17.0. The fourth-order valence-corrected chi connectivity index (χ4v) is 2.51. The summed E-state index contributed by atoms with van der Waals surface area (Å²) in [6.45, 7) is 0. The van der Waals surface area contributed by atoms with Crippen molar-refractivity contribution in [3.8, 4) is 11.1 Å². The van der Waals surface area contributed by atoms with Gasteiger partial charge >= 0.3 is 12.1 Å². The number of aromatic carboxylic acids is 1. The summed E-state index contributed by atoms with van der Waals surface area (Å²) in [7, 11) is 0. The zero-order valence-electron chi connectivity index (χ0n) is 10.9. The number of nitrogen functional groups attached to an aromatic ring is 1. The summed E-state index contributed by atoms with van der Waals surface area (Å²) >= 11 is 6.30. The topological polar surface area (TPSA) is 105 Å². The molecule has 0 fully saturated rings. The molecule has 0 amide bonds. The number of carboxylic acid groups (broad SMARTS) is 1. The molecular weight excluding hydrogens is 357 g/mol. The second kappa shape index (κ2) is 6.02. The monoisotopic (exact) mass is 362 g/mol. The third kappa shape index (κ3) is 3.20. The van der Waals surface area contributed by atoms with Gasteiger partial charge in [0.05, 0.1) is 21.2 Å². The van der Waals surface area contributed by atoms with Gasteiger partial charge in [-0.2, -0.15) is 23.5 Å². The predicted octanol–water partition coefficient (Wildman–Crippen LogP) is 3.40. The van der Waals surface area contributed by atoms with Crippen molar-refractivity contribution < 1.29 is 23.1 Å². The summed E-state index contributed by atoms with van der Waals surface area (Å²) in [6.07, 6.45) is -4.58. The van der Waals surface area contributed by atoms with Crippen LogP contribution in [0.3, 0.4) is 0 Å². The van der Waals surface area contributed by atoms with E-state index < -0.39 is 23.4 Å². The molecule has 1 aromatic carbocycles. The number of benzene rings is 1. The van der Waals surface area contributed by atoms with Gasteiger partial charge in [0, 0.05) is 0 Å². The average Bonchev–Trinajstić information content (AvgIpc) is 2.76. The average molecular weight is 363 g/mol. The molecule has 0 saturated heterocycles. The number of halogens is 4. The minimum atomic E-state index is -4.58. The fraction of sp³-hybridized carbons (Fsp3) is 0.0833. The van der Waals surface area contributed by atoms with Crippen molar-refractivity contribution in [2.45, 2.75) is 11.1 Å². The lowest BCUT2D eigenvalue weighted by molar-refractivity contribution is -0.137. The molecular formula is C12H6ClF3N4O2S. The van der Waals surface area contributed by atoms with Crippen LogP contribution in [0.2, 0.25) is 5.02 Å². The van der Waals surface area contributed by atoms with Gasteiger partial charge in [0.15, 0.2) is 5.69 Å². The molecule has 23 heavy (non-hydrogen) atoms. The number of carboxylic acids is 1. The number of nitriles is 1. The highest BCUT2D eigenvalue weighted by Crippen LogP contribution is 2.36. The van der Waals surface area contributed by atoms with Gasteiger partial charge in [-0.05, 0) is 30.0 Å². The number of thiocyanates is 1. The number of rotatable bonds is 3. The summed E-state index contributed by atoms with van der Waals surface area (Å²) in [5, 5.41) is 22.8. The molecule has 0 bridgehead atoms. The Morgan fingerprint density at radius 3 is 2.61 bits per heavy atom. The Labute approximate surface area is 136 Å². The molecule has 1 heterocycles. The lowest BCUT2D eigenvalue weighted by atomic mass is 10.2. The van der Waals surface area contributed by atoms with Gasteiger partial charge in [0.1, 0.15) is 11.2 Å². The van der Waals surface area contributed by atoms with Crippen molar-refractivity contribution in [1.29, 1.82) is 5.26 Å². The van der Waals surface area contributed by atoms with Crippen LogP contribution in [0.1, 0.15) is 16.1 Å². The molecule has 0 unspecified atom stereocenters. The smallest absolute Gasteiger partial charge is 0.416 e. The number of nitrogens with two attached hydrogens (primary N) is 1. The molecule has 6 nitrogen and oxygen atoms in total. The molecule has 1 aromatic heterocycles. The minimum Gasteiger partial charge on any atom is -0.476 e. The third-order valence-corrected chi connectivity index (χ3v) is 3.73. The van der Waals surface area contributed by atoms with Gasteiger partial charge in [-0.15, -0.1) is 0 Å². The quantitative estimate of drug-likeness (QED) is 0.640. The Morgan fingerprint density at radius 1 is 1.48 bits per heavy atom. The zero-order chi connectivity index (χ0) is 17.4. The van der Waals surface area contributed by atoms with Crippen molar-refractivity contribution in [1.82, 2.24) is 9.78 Å². The van der Waals surface area contributed by atoms with E-state index in [4.69, 9.17) is 27.7 Å². The summed E-state index contributed by atoms with van der Waals surface area (Å²) in [5.74, 6) is -1.65. The van der Waals surface area contributed by atoms with Crippen molar-refractivity contribution in [2.24, 2.45) is 0 Å². The molecule has 0 aliphatic rings. The highest BCUT2D eigenvalue weighted by molar-refractivity contribution is 8.04. The van der Waals surface area contributed by atoms with Crippen molar-refractivity contribution in [2.75, 3.05) is 5.73 Å². The number of carbonyl (C=O) groups is 1. The van der Waals surface area contributed by atoms with E-state index in [1.165, 1.54) is 0 Å². The molecule has 3 N–H and O–H groups in total. The number of anilines is 1. The van der Waals surface area contributed by atoms with Crippen LogP contribution >= 0.6 is 23.4 Å². The summed E-state index contributed by atoms with van der Waals surface area (Å²) in [5.41, 5.74) is 4.23. The van der Waals surface area contributed by atoms with Crippen LogP contribution in [0.5, 0.6) is 0 Å². The van der Waals surface area contributed by atoms with Gasteiger partial charge in [-0.25, -0.2) is 9.48 Å². The van der Waals surface area contributed by atoms with Crippen LogP contribution in [0.4, 0.5) is 19.0 Å². The first-order chi connectivity index (χ1) is 10.7. The van der Waals surface area contributed by atoms with Gasteiger partial charge in [0.2, 0.25) is 0 Å². The number of nitrogens with zero attached hydrogens (tertiary/aromatic N) is 3. The Hall–Kier alpha value is -2.38. The van der Waals surface area contributed by atoms with Gasteiger partial charge in [-0.3, -0.25) is 0 Å². The number of alkyl halides is 3. The first-order valence-corrected chi connectivity index (χ1v) is 6.91. The van der Waals surface area contributed by atoms with Gasteiger partial charge in [0.25, 0.3) is 0 Å². The summed E-state index contributed by atoms with van der Waals surface area (Å²) in [4.78, 5) is 11.0. The standard InChI is InChI=1S/C12H6ClF3N4O2S/c13-6-3-5(12(14,15)16)1-2-7(6)20-10(18)9(23-4-17)8(19-20)11(21)22/h1-3H,18H2,(H,21,22). The van der Waals surface area contributed by atoms with E-state index in [0.29, 0.717) is 17.8 Å². The van der Waals surface area contributed by atoms with E-state index >= 15 is 0 Å². The van der Waals surface area contributed by atoms with E-state index in [1.807, 2.05) is 0 Å².